The van der Waals surface area contributed by atoms with Gasteiger partial charge in [-0.15, -0.1) is 0 Å². The number of rotatable bonds is 5. The Morgan fingerprint density at radius 2 is 1.80 bits per heavy atom. The van der Waals surface area contributed by atoms with E-state index in [9.17, 15) is 10.1 Å². The first-order valence-corrected chi connectivity index (χ1v) is 11.3. The molecule has 0 aliphatic carbocycles. The molecule has 0 unspecified atom stereocenters. The van der Waals surface area contributed by atoms with Crippen LogP contribution in [0, 0.1) is 10.1 Å². The summed E-state index contributed by atoms with van der Waals surface area (Å²) in [6.07, 6.45) is 3.70. The Hall–Kier alpha value is -4.44. The molecule has 0 amide bonds. The van der Waals surface area contributed by atoms with E-state index in [-0.39, 0.29) is 24.6 Å². The number of thiocarbonyl (C=S) groups is 1. The average molecular weight is 486 g/mol. The molecule has 10 heteroatoms. The molecule has 4 heterocycles. The highest BCUT2D eigenvalue weighted by Gasteiger charge is 2.42. The lowest BCUT2D eigenvalue weighted by atomic mass is 10.0. The summed E-state index contributed by atoms with van der Waals surface area (Å²) in [6.45, 7) is 0.185. The Kier molecular flexibility index (Phi) is 5.07. The quantitative estimate of drug-likeness (QED) is 0.247. The molecule has 6 rings (SSSR count). The average Bonchev–Trinajstić information content (AvgIpc) is 3.62. The molecule has 1 fully saturated rings. The smallest absolute Gasteiger partial charge is 0.269 e. The minimum atomic E-state index is -0.405. The van der Waals surface area contributed by atoms with Gasteiger partial charge < -0.3 is 24.3 Å². The fourth-order valence-corrected chi connectivity index (χ4v) is 4.92. The summed E-state index contributed by atoms with van der Waals surface area (Å²) in [5, 5.41) is 15.1. The maximum atomic E-state index is 11.1. The summed E-state index contributed by atoms with van der Waals surface area (Å²) >= 11 is 5.82. The summed E-state index contributed by atoms with van der Waals surface area (Å²) in [7, 11) is 0. The summed E-state index contributed by atoms with van der Waals surface area (Å²) in [5.41, 5.74) is 3.49. The molecule has 4 aromatic rings. The number of anilines is 1. The van der Waals surface area contributed by atoms with Crippen molar-refractivity contribution in [2.75, 3.05) is 11.7 Å². The number of ether oxygens (including phenoxy) is 2. The maximum absolute atomic E-state index is 11.1. The largest absolute Gasteiger partial charge is 0.454 e. The van der Waals surface area contributed by atoms with Crippen LogP contribution in [0.5, 0.6) is 11.5 Å². The lowest BCUT2D eigenvalue weighted by Gasteiger charge is -2.29. The molecular formula is C25H19N5O4S. The van der Waals surface area contributed by atoms with E-state index in [1.54, 1.807) is 18.3 Å². The number of hydrogen-bond donors (Lipinski definition) is 1. The van der Waals surface area contributed by atoms with Gasteiger partial charge >= 0.3 is 0 Å². The second kappa shape index (κ2) is 8.41. The van der Waals surface area contributed by atoms with Crippen molar-refractivity contribution >= 4 is 28.7 Å². The molecule has 0 bridgehead atoms. The number of fused-ring (bicyclic) bond motifs is 1. The SMILES string of the molecule is O=[N+]([O-])c1ccc(-n2cccc2[C@@H]2[C@H](c3ccccn3)NC(=S)N2c2ccc3c(c2)OCO3)cc1. The van der Waals surface area contributed by atoms with Crippen LogP contribution in [0.2, 0.25) is 0 Å². The third kappa shape index (κ3) is 3.64. The lowest BCUT2D eigenvalue weighted by molar-refractivity contribution is -0.384. The Labute approximate surface area is 205 Å². The first-order valence-electron chi connectivity index (χ1n) is 10.9. The Morgan fingerprint density at radius 1 is 1.00 bits per heavy atom. The van der Waals surface area contributed by atoms with E-state index in [1.165, 1.54) is 12.1 Å². The summed E-state index contributed by atoms with van der Waals surface area (Å²) < 4.78 is 13.1. The fourth-order valence-electron chi connectivity index (χ4n) is 4.57. The van der Waals surface area contributed by atoms with E-state index < -0.39 is 4.92 Å². The van der Waals surface area contributed by atoms with Crippen LogP contribution in [0.15, 0.2) is 85.2 Å². The van der Waals surface area contributed by atoms with Crippen LogP contribution in [0.4, 0.5) is 11.4 Å². The molecule has 1 N–H and O–H groups in total. The number of nitrogens with zero attached hydrogens (tertiary/aromatic N) is 4. The van der Waals surface area contributed by atoms with Gasteiger partial charge in [0.15, 0.2) is 16.6 Å². The molecule has 1 saturated heterocycles. The highest BCUT2D eigenvalue weighted by Crippen LogP contribution is 2.44. The zero-order chi connectivity index (χ0) is 23.9. The van der Waals surface area contributed by atoms with Crippen LogP contribution >= 0.6 is 12.2 Å². The van der Waals surface area contributed by atoms with Crippen LogP contribution in [0.1, 0.15) is 23.5 Å². The van der Waals surface area contributed by atoms with E-state index in [0.29, 0.717) is 16.6 Å². The molecule has 2 aromatic carbocycles. The lowest BCUT2D eigenvalue weighted by Crippen LogP contribution is -2.30. The topological polar surface area (TPSA) is 94.7 Å². The summed E-state index contributed by atoms with van der Waals surface area (Å²) in [6, 6.07) is 21.5. The number of pyridine rings is 1. The highest BCUT2D eigenvalue weighted by molar-refractivity contribution is 7.80. The minimum absolute atomic E-state index is 0.0412. The Morgan fingerprint density at radius 3 is 2.57 bits per heavy atom. The van der Waals surface area contributed by atoms with Crippen molar-refractivity contribution in [1.82, 2.24) is 14.9 Å². The van der Waals surface area contributed by atoms with Crippen LogP contribution in [-0.4, -0.2) is 26.4 Å². The van der Waals surface area contributed by atoms with Gasteiger partial charge in [-0.3, -0.25) is 15.1 Å². The molecule has 2 atom stereocenters. The van der Waals surface area contributed by atoms with Gasteiger partial charge in [0, 0.05) is 47.7 Å². The third-order valence-electron chi connectivity index (χ3n) is 6.15. The highest BCUT2D eigenvalue weighted by atomic mass is 32.1. The zero-order valence-electron chi connectivity index (χ0n) is 18.3. The maximum Gasteiger partial charge on any atom is 0.269 e. The van der Waals surface area contributed by atoms with E-state index in [4.69, 9.17) is 21.7 Å². The normalized spacial score (nSPS) is 18.5. The van der Waals surface area contributed by atoms with Gasteiger partial charge in [-0.2, -0.15) is 0 Å². The predicted octanol–water partition coefficient (Wildman–Crippen LogP) is 4.69. The summed E-state index contributed by atoms with van der Waals surface area (Å²) in [4.78, 5) is 17.4. The van der Waals surface area contributed by atoms with E-state index >= 15 is 0 Å². The van der Waals surface area contributed by atoms with Gasteiger partial charge in [0.25, 0.3) is 5.69 Å². The monoisotopic (exact) mass is 485 g/mol. The van der Waals surface area contributed by atoms with E-state index in [2.05, 4.69) is 10.3 Å². The van der Waals surface area contributed by atoms with Crippen molar-refractivity contribution in [3.8, 4) is 17.2 Å². The number of benzene rings is 2. The molecule has 2 aliphatic rings. The Balaban J connectivity index is 1.48. The number of aromatic nitrogens is 2. The van der Waals surface area contributed by atoms with Crippen molar-refractivity contribution in [2.45, 2.75) is 12.1 Å². The van der Waals surface area contributed by atoms with E-state index in [1.807, 2.05) is 64.2 Å². The molecule has 0 radical (unpaired) electrons. The van der Waals surface area contributed by atoms with Gasteiger partial charge in [0.1, 0.15) is 6.04 Å². The predicted molar refractivity (Wildman–Crippen MR) is 133 cm³/mol. The van der Waals surface area contributed by atoms with Gasteiger partial charge in [-0.05, 0) is 60.7 Å². The van der Waals surface area contributed by atoms with Crippen molar-refractivity contribution < 1.29 is 14.4 Å². The fraction of sp³-hybridized carbons (Fsp3) is 0.120. The van der Waals surface area contributed by atoms with Gasteiger partial charge in [-0.1, -0.05) is 6.07 Å². The zero-order valence-corrected chi connectivity index (χ0v) is 19.1. The summed E-state index contributed by atoms with van der Waals surface area (Å²) in [5.74, 6) is 1.36. The van der Waals surface area contributed by atoms with Crippen LogP contribution in [-0.2, 0) is 0 Å². The molecule has 0 spiro atoms. The van der Waals surface area contributed by atoms with Crippen molar-refractivity contribution in [2.24, 2.45) is 0 Å². The van der Waals surface area contributed by atoms with Crippen molar-refractivity contribution in [3.63, 3.8) is 0 Å². The minimum Gasteiger partial charge on any atom is -0.454 e. The second-order valence-corrected chi connectivity index (χ2v) is 8.50. The number of nitro groups is 1. The second-order valence-electron chi connectivity index (χ2n) is 8.11. The molecule has 2 aromatic heterocycles. The number of nitro benzene ring substituents is 1. The molecule has 35 heavy (non-hydrogen) atoms. The van der Waals surface area contributed by atoms with Gasteiger partial charge in [0.05, 0.1) is 16.7 Å². The van der Waals surface area contributed by atoms with E-state index in [0.717, 1.165) is 22.8 Å². The van der Waals surface area contributed by atoms with Crippen LogP contribution in [0.3, 0.4) is 0 Å². The van der Waals surface area contributed by atoms with Crippen molar-refractivity contribution in [3.05, 3.63) is 107 Å². The number of nitrogens with one attached hydrogen (secondary N) is 1. The van der Waals surface area contributed by atoms with Crippen LogP contribution in [0.25, 0.3) is 5.69 Å². The van der Waals surface area contributed by atoms with Crippen molar-refractivity contribution in [1.29, 1.82) is 0 Å². The molecule has 2 aliphatic heterocycles. The molecule has 9 nitrogen and oxygen atoms in total. The van der Waals surface area contributed by atoms with Gasteiger partial charge in [-0.25, -0.2) is 0 Å². The van der Waals surface area contributed by atoms with Crippen LogP contribution < -0.4 is 19.7 Å². The first-order chi connectivity index (χ1) is 17.1. The Bertz CT molecular complexity index is 1420. The molecule has 0 saturated carbocycles. The number of hydrogen-bond acceptors (Lipinski definition) is 6. The number of non-ortho nitro benzene ring substituents is 1. The molecular weight excluding hydrogens is 466 g/mol. The standard InChI is InChI=1S/C25H19N5O4S/c31-30(32)17-8-6-16(7-9-17)28-13-3-5-20(28)24-23(19-4-1-2-12-26-19)27-25(35)29(24)18-10-11-21-22(14-18)34-15-33-21/h1-14,23-24H,15H2,(H,27,35)/t23-,24+/m0/s1. The van der Waals surface area contributed by atoms with Gasteiger partial charge in [0.2, 0.25) is 6.79 Å². The molecule has 174 valence electrons. The third-order valence-corrected chi connectivity index (χ3v) is 6.47. The first kappa shape index (κ1) is 21.1.